The number of hydrogen-bond acceptors (Lipinski definition) is 4. The van der Waals surface area contributed by atoms with Gasteiger partial charge in [-0.15, -0.1) is 0 Å². The summed E-state index contributed by atoms with van der Waals surface area (Å²) in [6, 6.07) is -4.26. The van der Waals surface area contributed by atoms with Crippen molar-refractivity contribution in [2.24, 2.45) is 7.05 Å². The van der Waals surface area contributed by atoms with E-state index in [9.17, 15) is 13.6 Å². The first-order valence-electron chi connectivity index (χ1n) is 8.58. The Hall–Kier alpha value is -2.29. The van der Waals surface area contributed by atoms with Crippen LogP contribution in [0, 0.1) is 18.6 Å². The molecular formula is C18H19F4N3O2. The van der Waals surface area contributed by atoms with E-state index in [1.54, 1.807) is 7.05 Å². The highest BCUT2D eigenvalue weighted by Crippen LogP contribution is 2.47. The lowest BCUT2D eigenvalue weighted by molar-refractivity contribution is -0.108. The number of nitrogens with zero attached hydrogens (tertiary/aromatic N) is 3. The van der Waals surface area contributed by atoms with Crippen LogP contribution in [0.25, 0.3) is 10.9 Å². The van der Waals surface area contributed by atoms with Gasteiger partial charge in [-0.25, -0.2) is 8.78 Å². The van der Waals surface area contributed by atoms with Crippen molar-refractivity contribution >= 4 is 16.6 Å². The average Bonchev–Trinajstić information content (AvgIpc) is 2.61. The first-order chi connectivity index (χ1) is 12.6. The zero-order valence-electron chi connectivity index (χ0n) is 15.3. The topological polar surface area (TPSA) is 37.7 Å². The average molecular weight is 385 g/mol. The van der Waals surface area contributed by atoms with Crippen LogP contribution in [0.1, 0.15) is 12.5 Å². The molecule has 0 saturated carbocycles. The summed E-state index contributed by atoms with van der Waals surface area (Å²) in [6.07, 6.45) is 0. The maximum absolute atomic E-state index is 15.2. The fourth-order valence-corrected chi connectivity index (χ4v) is 3.98. The normalized spacial score (nSPS) is 24.5. The Balaban J connectivity index is 2.13. The number of aromatic nitrogens is 1. The largest absolute Gasteiger partial charge is 0.484 e. The summed E-state index contributed by atoms with van der Waals surface area (Å²) >= 11 is 0. The highest BCUT2D eigenvalue weighted by molar-refractivity contribution is 5.97. The van der Waals surface area contributed by atoms with E-state index in [0.29, 0.717) is 0 Å². The molecule has 2 aliphatic heterocycles. The Labute approximate surface area is 152 Å². The second kappa shape index (κ2) is 5.60. The van der Waals surface area contributed by atoms with Gasteiger partial charge in [0.15, 0.2) is 5.82 Å². The number of fused-ring (bicyclic) bond motifs is 5. The summed E-state index contributed by atoms with van der Waals surface area (Å²) in [7, 11) is 2.89. The highest BCUT2D eigenvalue weighted by atomic mass is 19.3. The molecule has 0 amide bonds. The molecule has 4 rings (SSSR count). The van der Waals surface area contributed by atoms with Crippen molar-refractivity contribution in [1.29, 1.82) is 0 Å². The molecular weight excluding hydrogens is 366 g/mol. The maximum atomic E-state index is 15.2. The number of rotatable bonds is 0. The van der Waals surface area contributed by atoms with Gasteiger partial charge < -0.3 is 14.2 Å². The molecule has 0 radical (unpaired) electrons. The van der Waals surface area contributed by atoms with Crippen LogP contribution in [-0.2, 0) is 7.05 Å². The van der Waals surface area contributed by atoms with E-state index < -0.39 is 35.3 Å². The Kier molecular flexibility index (Phi) is 3.76. The molecule has 2 unspecified atom stereocenters. The van der Waals surface area contributed by atoms with E-state index in [0.717, 1.165) is 15.5 Å². The molecule has 0 bridgehead atoms. The molecule has 0 aliphatic carbocycles. The highest BCUT2D eigenvalue weighted by Gasteiger charge is 2.55. The second-order valence-electron chi connectivity index (χ2n) is 7.27. The summed E-state index contributed by atoms with van der Waals surface area (Å²) in [6.45, 7) is 2.76. The van der Waals surface area contributed by atoms with E-state index in [1.807, 2.05) is 0 Å². The number of alkyl halides is 2. The van der Waals surface area contributed by atoms with Gasteiger partial charge in [0.1, 0.15) is 12.4 Å². The lowest BCUT2D eigenvalue weighted by atomic mass is 9.99. The third-order valence-corrected chi connectivity index (χ3v) is 5.74. The number of hydrogen-bond donors (Lipinski definition) is 0. The number of anilines is 1. The van der Waals surface area contributed by atoms with Crippen LogP contribution in [0.15, 0.2) is 10.9 Å². The third-order valence-electron chi connectivity index (χ3n) is 5.74. The molecule has 9 heteroatoms. The molecule has 2 aromatic rings. The van der Waals surface area contributed by atoms with Gasteiger partial charge in [0, 0.05) is 24.5 Å². The zero-order chi connectivity index (χ0) is 19.8. The van der Waals surface area contributed by atoms with E-state index in [4.69, 9.17) is 4.74 Å². The zero-order valence-corrected chi connectivity index (χ0v) is 15.3. The molecule has 146 valence electrons. The van der Waals surface area contributed by atoms with Crippen LogP contribution in [0.4, 0.5) is 23.2 Å². The number of piperazine rings is 1. The Bertz CT molecular complexity index is 1020. The van der Waals surface area contributed by atoms with Crippen LogP contribution in [-0.4, -0.2) is 47.8 Å². The SMILES string of the molecule is Cc1c(F)cc2c3c(c(=O)n(C)c2c1F)OCC1CN(C)C(C)C(F)(F)N31. The molecule has 3 heterocycles. The number of ether oxygens (including phenoxy) is 1. The number of aryl methyl sites for hydroxylation is 1. The molecule has 27 heavy (non-hydrogen) atoms. The molecule has 0 spiro atoms. The van der Waals surface area contributed by atoms with Gasteiger partial charge in [0.2, 0.25) is 5.75 Å². The Morgan fingerprint density at radius 1 is 1.26 bits per heavy atom. The molecule has 1 saturated heterocycles. The third kappa shape index (κ3) is 2.24. The maximum Gasteiger partial charge on any atom is 0.341 e. The summed E-state index contributed by atoms with van der Waals surface area (Å²) in [4.78, 5) is 15.0. The number of benzene rings is 1. The number of halogens is 4. The van der Waals surface area contributed by atoms with Crippen LogP contribution in [0.3, 0.4) is 0 Å². The number of pyridine rings is 1. The summed E-state index contributed by atoms with van der Waals surface area (Å²) in [5.74, 6) is -2.12. The summed E-state index contributed by atoms with van der Waals surface area (Å²) < 4.78 is 66.0. The van der Waals surface area contributed by atoms with Crippen molar-refractivity contribution in [3.05, 3.63) is 33.6 Å². The minimum atomic E-state index is -3.35. The predicted octanol–water partition coefficient (Wildman–Crippen LogP) is 2.62. The van der Waals surface area contributed by atoms with E-state index in [-0.39, 0.29) is 41.1 Å². The van der Waals surface area contributed by atoms with Crippen LogP contribution >= 0.6 is 0 Å². The van der Waals surface area contributed by atoms with Crippen LogP contribution in [0.2, 0.25) is 0 Å². The fraction of sp³-hybridized carbons (Fsp3) is 0.500. The predicted molar refractivity (Wildman–Crippen MR) is 92.6 cm³/mol. The first-order valence-corrected chi connectivity index (χ1v) is 8.58. The summed E-state index contributed by atoms with van der Waals surface area (Å²) in [5.41, 5.74) is -1.47. The van der Waals surface area contributed by atoms with Crippen LogP contribution in [0.5, 0.6) is 5.75 Å². The van der Waals surface area contributed by atoms with Gasteiger partial charge in [-0.2, -0.15) is 8.78 Å². The van der Waals surface area contributed by atoms with Gasteiger partial charge in [0.05, 0.1) is 23.3 Å². The Morgan fingerprint density at radius 2 is 1.93 bits per heavy atom. The monoisotopic (exact) mass is 385 g/mol. The summed E-state index contributed by atoms with van der Waals surface area (Å²) in [5, 5.41) is -0.103. The molecule has 1 aromatic carbocycles. The van der Waals surface area contributed by atoms with Crippen molar-refractivity contribution < 1.29 is 22.3 Å². The molecule has 2 atom stereocenters. The quantitative estimate of drug-likeness (QED) is 0.516. The standard InChI is InChI=1S/C18H19F4N3O2/c1-8-12(19)5-11-14(13(8)20)24(4)17(26)16-15(11)25-10(7-27-16)6-23(3)9(2)18(25,21)22/h5,9-10H,6-7H2,1-4H3. The minimum Gasteiger partial charge on any atom is -0.484 e. The fourth-order valence-electron chi connectivity index (χ4n) is 3.98. The molecule has 1 fully saturated rings. The van der Waals surface area contributed by atoms with Gasteiger partial charge in [-0.05, 0) is 27.0 Å². The van der Waals surface area contributed by atoms with Gasteiger partial charge >= 0.3 is 6.05 Å². The lowest BCUT2D eigenvalue weighted by Crippen LogP contribution is -2.69. The second-order valence-corrected chi connectivity index (χ2v) is 7.27. The van der Waals surface area contributed by atoms with Gasteiger partial charge in [0.25, 0.3) is 5.56 Å². The van der Waals surface area contributed by atoms with Gasteiger partial charge in [-0.1, -0.05) is 0 Å². The van der Waals surface area contributed by atoms with Crippen molar-refractivity contribution in [3.8, 4) is 5.75 Å². The van der Waals surface area contributed by atoms with Crippen molar-refractivity contribution in [2.45, 2.75) is 32.0 Å². The van der Waals surface area contributed by atoms with Crippen molar-refractivity contribution in [3.63, 3.8) is 0 Å². The molecule has 1 aromatic heterocycles. The van der Waals surface area contributed by atoms with E-state index in [1.165, 1.54) is 25.8 Å². The molecule has 0 N–H and O–H groups in total. The van der Waals surface area contributed by atoms with E-state index in [2.05, 4.69) is 0 Å². The number of likely N-dealkylation sites (N-methyl/N-ethyl adjacent to an activating group) is 1. The van der Waals surface area contributed by atoms with Crippen molar-refractivity contribution in [2.75, 3.05) is 25.1 Å². The van der Waals surface area contributed by atoms with E-state index >= 15 is 8.78 Å². The smallest absolute Gasteiger partial charge is 0.341 e. The van der Waals surface area contributed by atoms with Gasteiger partial charge in [-0.3, -0.25) is 9.69 Å². The van der Waals surface area contributed by atoms with Crippen LogP contribution < -0.4 is 15.2 Å². The minimum absolute atomic E-state index is 0.103. The first kappa shape index (κ1) is 18.1. The molecule has 5 nitrogen and oxygen atoms in total. The Morgan fingerprint density at radius 3 is 2.59 bits per heavy atom. The molecule has 2 aliphatic rings. The van der Waals surface area contributed by atoms with Crippen molar-refractivity contribution in [1.82, 2.24) is 9.47 Å². The lowest BCUT2D eigenvalue weighted by Gasteiger charge is -2.52.